The van der Waals surface area contributed by atoms with E-state index in [0.29, 0.717) is 6.04 Å². The number of piperidine rings is 1. The van der Waals surface area contributed by atoms with Crippen molar-refractivity contribution in [1.29, 1.82) is 0 Å². The lowest BCUT2D eigenvalue weighted by atomic mass is 10.1. The summed E-state index contributed by atoms with van der Waals surface area (Å²) in [4.78, 5) is 6.89. The molecule has 0 amide bonds. The lowest BCUT2D eigenvalue weighted by molar-refractivity contribution is 0.223. The molecule has 0 radical (unpaired) electrons. The summed E-state index contributed by atoms with van der Waals surface area (Å²) in [5.74, 6) is 0.877. The first kappa shape index (κ1) is 13.1. The van der Waals surface area contributed by atoms with Crippen molar-refractivity contribution in [2.24, 2.45) is 0 Å². The highest BCUT2D eigenvalue weighted by atomic mass is 15.2. The molecule has 1 fully saturated rings. The molecule has 0 aliphatic carbocycles. The van der Waals surface area contributed by atoms with Crippen LogP contribution in [0.3, 0.4) is 0 Å². The van der Waals surface area contributed by atoms with Crippen molar-refractivity contribution in [3.63, 3.8) is 0 Å². The molecular formula is C14H24N4. The van der Waals surface area contributed by atoms with Crippen LogP contribution < -0.4 is 11.1 Å². The van der Waals surface area contributed by atoms with E-state index in [2.05, 4.69) is 22.1 Å². The predicted octanol–water partition coefficient (Wildman–Crippen LogP) is 2.26. The quantitative estimate of drug-likeness (QED) is 0.858. The number of nitrogens with two attached hydrogens (primary N) is 1. The molecule has 1 aromatic heterocycles. The van der Waals surface area contributed by atoms with Gasteiger partial charge in [0.15, 0.2) is 0 Å². The molecule has 1 atom stereocenters. The van der Waals surface area contributed by atoms with Crippen LogP contribution in [0, 0.1) is 6.92 Å². The molecule has 1 aliphatic rings. The van der Waals surface area contributed by atoms with Crippen molar-refractivity contribution < 1.29 is 0 Å². The van der Waals surface area contributed by atoms with Crippen LogP contribution in [0.2, 0.25) is 0 Å². The maximum absolute atomic E-state index is 5.89. The highest BCUT2D eigenvalue weighted by Crippen LogP contribution is 2.15. The Morgan fingerprint density at radius 1 is 1.39 bits per heavy atom. The monoisotopic (exact) mass is 248 g/mol. The fraction of sp³-hybridized carbons (Fsp3) is 0.643. The van der Waals surface area contributed by atoms with Crippen LogP contribution in [-0.2, 0) is 0 Å². The first-order valence-electron chi connectivity index (χ1n) is 6.86. The second-order valence-electron chi connectivity index (χ2n) is 5.33. The standard InChI is InChI=1S/C14H24N4/c1-11-9-16-14(8-13(11)15)17-12(2)10-18-6-4-3-5-7-18/h8-9,12H,3-7,10H2,1-2H3,(H3,15,16,17). The van der Waals surface area contributed by atoms with E-state index >= 15 is 0 Å². The van der Waals surface area contributed by atoms with Gasteiger partial charge in [-0.15, -0.1) is 0 Å². The number of hydrogen-bond acceptors (Lipinski definition) is 4. The predicted molar refractivity (Wildman–Crippen MR) is 76.8 cm³/mol. The molecule has 0 bridgehead atoms. The number of likely N-dealkylation sites (tertiary alicyclic amines) is 1. The lowest BCUT2D eigenvalue weighted by Gasteiger charge is -2.29. The zero-order valence-electron chi connectivity index (χ0n) is 11.4. The largest absolute Gasteiger partial charge is 0.398 e. The highest BCUT2D eigenvalue weighted by Gasteiger charge is 2.13. The average molecular weight is 248 g/mol. The van der Waals surface area contributed by atoms with Crippen LogP contribution in [-0.4, -0.2) is 35.6 Å². The van der Waals surface area contributed by atoms with Crippen LogP contribution in [0.5, 0.6) is 0 Å². The molecule has 2 rings (SSSR count). The summed E-state index contributed by atoms with van der Waals surface area (Å²) >= 11 is 0. The Bertz CT molecular complexity index is 385. The smallest absolute Gasteiger partial charge is 0.128 e. The van der Waals surface area contributed by atoms with E-state index in [1.807, 2.05) is 19.2 Å². The van der Waals surface area contributed by atoms with Gasteiger partial charge in [-0.2, -0.15) is 0 Å². The molecule has 4 nitrogen and oxygen atoms in total. The third-order valence-electron chi connectivity index (χ3n) is 3.52. The van der Waals surface area contributed by atoms with Gasteiger partial charge in [0.1, 0.15) is 5.82 Å². The van der Waals surface area contributed by atoms with Gasteiger partial charge in [-0.1, -0.05) is 6.42 Å². The van der Waals surface area contributed by atoms with E-state index in [1.54, 1.807) is 0 Å². The summed E-state index contributed by atoms with van der Waals surface area (Å²) in [6.45, 7) is 7.72. The first-order valence-corrected chi connectivity index (χ1v) is 6.86. The van der Waals surface area contributed by atoms with Crippen LogP contribution in [0.15, 0.2) is 12.3 Å². The Morgan fingerprint density at radius 3 is 2.78 bits per heavy atom. The molecule has 0 aromatic carbocycles. The minimum atomic E-state index is 0.401. The molecule has 1 aliphatic heterocycles. The number of nitrogens with one attached hydrogen (secondary N) is 1. The van der Waals surface area contributed by atoms with Crippen LogP contribution in [0.4, 0.5) is 11.5 Å². The molecular weight excluding hydrogens is 224 g/mol. The summed E-state index contributed by atoms with van der Waals surface area (Å²) in [6, 6.07) is 2.32. The molecule has 1 unspecified atom stereocenters. The number of nitrogens with zero attached hydrogens (tertiary/aromatic N) is 2. The number of aryl methyl sites for hydroxylation is 1. The van der Waals surface area contributed by atoms with Gasteiger partial charge in [0, 0.05) is 30.5 Å². The van der Waals surface area contributed by atoms with Gasteiger partial charge in [0.05, 0.1) is 0 Å². The van der Waals surface area contributed by atoms with Crippen molar-refractivity contribution >= 4 is 11.5 Å². The SMILES string of the molecule is Cc1cnc(NC(C)CN2CCCCC2)cc1N. The van der Waals surface area contributed by atoms with Crippen molar-refractivity contribution in [2.45, 2.75) is 39.2 Å². The number of anilines is 2. The van der Waals surface area contributed by atoms with E-state index in [4.69, 9.17) is 5.73 Å². The minimum absolute atomic E-state index is 0.401. The maximum atomic E-state index is 5.89. The summed E-state index contributed by atoms with van der Waals surface area (Å²) in [7, 11) is 0. The van der Waals surface area contributed by atoms with Gasteiger partial charge < -0.3 is 16.0 Å². The van der Waals surface area contributed by atoms with Crippen molar-refractivity contribution in [3.8, 4) is 0 Å². The number of aromatic nitrogens is 1. The molecule has 3 N–H and O–H groups in total. The molecule has 0 spiro atoms. The zero-order valence-corrected chi connectivity index (χ0v) is 11.4. The topological polar surface area (TPSA) is 54.2 Å². The third kappa shape index (κ3) is 3.60. The average Bonchev–Trinajstić information content (AvgIpc) is 2.35. The molecule has 1 aromatic rings. The van der Waals surface area contributed by atoms with Crippen molar-refractivity contribution in [1.82, 2.24) is 9.88 Å². The summed E-state index contributed by atoms with van der Waals surface area (Å²) in [5, 5.41) is 3.42. The van der Waals surface area contributed by atoms with Gasteiger partial charge >= 0.3 is 0 Å². The van der Waals surface area contributed by atoms with Crippen LogP contribution >= 0.6 is 0 Å². The highest BCUT2D eigenvalue weighted by molar-refractivity contribution is 5.53. The van der Waals surface area contributed by atoms with E-state index in [1.165, 1.54) is 32.4 Å². The van der Waals surface area contributed by atoms with Gasteiger partial charge in [0.25, 0.3) is 0 Å². The fourth-order valence-electron chi connectivity index (χ4n) is 2.45. The second-order valence-corrected chi connectivity index (χ2v) is 5.33. The summed E-state index contributed by atoms with van der Waals surface area (Å²) in [5.41, 5.74) is 7.73. The summed E-state index contributed by atoms with van der Waals surface area (Å²) in [6.07, 6.45) is 5.88. The fourth-order valence-corrected chi connectivity index (χ4v) is 2.45. The lowest BCUT2D eigenvalue weighted by Crippen LogP contribution is -2.38. The zero-order chi connectivity index (χ0) is 13.0. The van der Waals surface area contributed by atoms with Crippen molar-refractivity contribution in [3.05, 3.63) is 17.8 Å². The van der Waals surface area contributed by atoms with E-state index in [0.717, 1.165) is 23.6 Å². The van der Waals surface area contributed by atoms with E-state index in [-0.39, 0.29) is 0 Å². The van der Waals surface area contributed by atoms with Gasteiger partial charge in [-0.05, 0) is 45.3 Å². The molecule has 4 heteroatoms. The molecule has 2 heterocycles. The van der Waals surface area contributed by atoms with E-state index in [9.17, 15) is 0 Å². The number of hydrogen-bond donors (Lipinski definition) is 2. The second kappa shape index (κ2) is 6.05. The maximum Gasteiger partial charge on any atom is 0.128 e. The number of rotatable bonds is 4. The Labute approximate surface area is 110 Å². The van der Waals surface area contributed by atoms with Crippen molar-refractivity contribution in [2.75, 3.05) is 30.7 Å². The first-order chi connectivity index (χ1) is 8.65. The Hall–Kier alpha value is -1.29. The molecule has 1 saturated heterocycles. The third-order valence-corrected chi connectivity index (χ3v) is 3.52. The number of nitrogen functional groups attached to an aromatic ring is 1. The Balaban J connectivity index is 1.85. The van der Waals surface area contributed by atoms with Gasteiger partial charge in [-0.25, -0.2) is 4.98 Å². The summed E-state index contributed by atoms with van der Waals surface area (Å²) < 4.78 is 0. The normalized spacial score (nSPS) is 18.6. The minimum Gasteiger partial charge on any atom is -0.398 e. The van der Waals surface area contributed by atoms with Gasteiger partial charge in [-0.3, -0.25) is 0 Å². The molecule has 100 valence electrons. The number of pyridine rings is 1. The molecule has 0 saturated carbocycles. The van der Waals surface area contributed by atoms with Crippen LogP contribution in [0.25, 0.3) is 0 Å². The Morgan fingerprint density at radius 2 is 2.11 bits per heavy atom. The van der Waals surface area contributed by atoms with Crippen LogP contribution in [0.1, 0.15) is 31.7 Å². The Kier molecular flexibility index (Phi) is 4.42. The van der Waals surface area contributed by atoms with Gasteiger partial charge in [0.2, 0.25) is 0 Å². The van der Waals surface area contributed by atoms with E-state index < -0.39 is 0 Å². The molecule has 18 heavy (non-hydrogen) atoms.